The summed E-state index contributed by atoms with van der Waals surface area (Å²) in [6.07, 6.45) is -1.85. The van der Waals surface area contributed by atoms with Crippen LogP contribution in [0.4, 0.5) is 8.78 Å². The molecular formula is C10H11F2NS. The number of hydrogen-bond donors (Lipinski definition) is 1. The van der Waals surface area contributed by atoms with Gasteiger partial charge in [-0.3, -0.25) is 0 Å². The molecule has 1 rings (SSSR count). The summed E-state index contributed by atoms with van der Waals surface area (Å²) in [7, 11) is 0. The summed E-state index contributed by atoms with van der Waals surface area (Å²) < 4.78 is 23.9. The van der Waals surface area contributed by atoms with Crippen molar-refractivity contribution in [1.29, 1.82) is 0 Å². The van der Waals surface area contributed by atoms with E-state index in [0.717, 1.165) is 5.56 Å². The maximum absolute atomic E-state index is 12.0. The van der Waals surface area contributed by atoms with Crippen molar-refractivity contribution in [3.05, 3.63) is 35.9 Å². The highest BCUT2D eigenvalue weighted by molar-refractivity contribution is 7.80. The Hall–Kier alpha value is -1.03. The van der Waals surface area contributed by atoms with Crippen molar-refractivity contribution in [1.82, 2.24) is 5.32 Å². The second kappa shape index (κ2) is 5.65. The van der Waals surface area contributed by atoms with Gasteiger partial charge in [-0.2, -0.15) is 0 Å². The van der Waals surface area contributed by atoms with Gasteiger partial charge in [0, 0.05) is 6.54 Å². The van der Waals surface area contributed by atoms with Crippen LogP contribution in [0.1, 0.15) is 5.56 Å². The van der Waals surface area contributed by atoms with E-state index in [0.29, 0.717) is 13.0 Å². The van der Waals surface area contributed by atoms with E-state index in [9.17, 15) is 8.78 Å². The van der Waals surface area contributed by atoms with Gasteiger partial charge in [0.25, 0.3) is 6.43 Å². The summed E-state index contributed by atoms with van der Waals surface area (Å²) in [5.41, 5.74) is 1.11. The number of alkyl halides is 2. The minimum atomic E-state index is -2.55. The number of benzene rings is 1. The zero-order chi connectivity index (χ0) is 10.4. The topological polar surface area (TPSA) is 12.0 Å². The van der Waals surface area contributed by atoms with Gasteiger partial charge in [-0.25, -0.2) is 8.78 Å². The second-order valence-electron chi connectivity index (χ2n) is 2.83. The van der Waals surface area contributed by atoms with Crippen LogP contribution in [0.25, 0.3) is 0 Å². The summed E-state index contributed by atoms with van der Waals surface area (Å²) in [5, 5.41) is 2.51. The van der Waals surface area contributed by atoms with Gasteiger partial charge < -0.3 is 5.32 Å². The number of thiocarbonyl (C=S) groups is 1. The number of hydrogen-bond acceptors (Lipinski definition) is 1. The molecule has 1 aromatic carbocycles. The lowest BCUT2D eigenvalue weighted by Gasteiger charge is -2.06. The molecule has 0 heterocycles. The lowest BCUT2D eigenvalue weighted by molar-refractivity contribution is 0.224. The van der Waals surface area contributed by atoms with Crippen LogP contribution in [0.5, 0.6) is 0 Å². The minimum absolute atomic E-state index is 0.374. The summed E-state index contributed by atoms with van der Waals surface area (Å²) in [6, 6.07) is 9.66. The molecule has 0 aliphatic heterocycles. The van der Waals surface area contributed by atoms with Crippen LogP contribution in [-0.4, -0.2) is 18.0 Å². The fourth-order valence-electron chi connectivity index (χ4n) is 1.05. The molecule has 1 nitrogen and oxygen atoms in total. The Balaban J connectivity index is 2.26. The molecule has 76 valence electrons. The van der Waals surface area contributed by atoms with Crippen LogP contribution in [-0.2, 0) is 6.42 Å². The Morgan fingerprint density at radius 3 is 2.50 bits per heavy atom. The molecule has 4 heteroatoms. The van der Waals surface area contributed by atoms with Crippen LogP contribution in [0.3, 0.4) is 0 Å². The smallest absolute Gasteiger partial charge is 0.288 e. The van der Waals surface area contributed by atoms with E-state index in [1.165, 1.54) is 0 Å². The maximum atomic E-state index is 12.0. The molecule has 0 saturated carbocycles. The Morgan fingerprint density at radius 1 is 1.29 bits per heavy atom. The maximum Gasteiger partial charge on any atom is 0.288 e. The van der Waals surface area contributed by atoms with Gasteiger partial charge >= 0.3 is 0 Å². The molecule has 0 spiro atoms. The molecule has 0 aliphatic carbocycles. The van der Waals surface area contributed by atoms with Gasteiger partial charge in [-0.15, -0.1) is 0 Å². The summed E-state index contributed by atoms with van der Waals surface area (Å²) in [6.45, 7) is 0.452. The molecule has 0 amide bonds. The summed E-state index contributed by atoms with van der Waals surface area (Å²) in [4.78, 5) is -0.374. The van der Waals surface area contributed by atoms with Crippen LogP contribution in [0, 0.1) is 0 Å². The molecule has 0 saturated heterocycles. The molecule has 0 fully saturated rings. The van der Waals surface area contributed by atoms with Crippen molar-refractivity contribution in [2.24, 2.45) is 0 Å². The van der Waals surface area contributed by atoms with Gasteiger partial charge in [0.05, 0.1) is 0 Å². The van der Waals surface area contributed by atoms with Crippen LogP contribution >= 0.6 is 12.2 Å². The van der Waals surface area contributed by atoms with Gasteiger partial charge in [0.2, 0.25) is 0 Å². The highest BCUT2D eigenvalue weighted by atomic mass is 32.1. The average Bonchev–Trinajstić information content (AvgIpc) is 2.19. The zero-order valence-electron chi connectivity index (χ0n) is 7.54. The lowest BCUT2D eigenvalue weighted by atomic mass is 10.1. The van der Waals surface area contributed by atoms with Crippen molar-refractivity contribution in [2.75, 3.05) is 6.54 Å². The fraction of sp³-hybridized carbons (Fsp3) is 0.300. The molecule has 0 radical (unpaired) electrons. The molecule has 0 bridgehead atoms. The quantitative estimate of drug-likeness (QED) is 0.774. The molecule has 0 unspecified atom stereocenters. The molecule has 1 aromatic rings. The number of rotatable bonds is 4. The Labute approximate surface area is 87.1 Å². The fourth-order valence-corrected chi connectivity index (χ4v) is 1.15. The van der Waals surface area contributed by atoms with Gasteiger partial charge in [0.1, 0.15) is 4.99 Å². The van der Waals surface area contributed by atoms with E-state index in [1.807, 2.05) is 30.3 Å². The third-order valence-electron chi connectivity index (χ3n) is 1.75. The van der Waals surface area contributed by atoms with Crippen molar-refractivity contribution in [3.63, 3.8) is 0 Å². The first-order valence-corrected chi connectivity index (χ1v) is 4.71. The molecule has 1 N–H and O–H groups in total. The van der Waals surface area contributed by atoms with E-state index >= 15 is 0 Å². The largest absolute Gasteiger partial charge is 0.375 e. The van der Waals surface area contributed by atoms with Crippen molar-refractivity contribution in [3.8, 4) is 0 Å². The van der Waals surface area contributed by atoms with Crippen LogP contribution in [0.15, 0.2) is 30.3 Å². The Bertz CT molecular complexity index is 287. The normalized spacial score (nSPS) is 10.2. The van der Waals surface area contributed by atoms with E-state index in [1.54, 1.807) is 0 Å². The molecule has 0 aliphatic rings. The van der Waals surface area contributed by atoms with E-state index in [-0.39, 0.29) is 4.99 Å². The predicted molar refractivity (Wildman–Crippen MR) is 56.8 cm³/mol. The molecule has 0 aromatic heterocycles. The summed E-state index contributed by atoms with van der Waals surface area (Å²) >= 11 is 4.43. The Kier molecular flexibility index (Phi) is 4.46. The monoisotopic (exact) mass is 215 g/mol. The third-order valence-corrected chi connectivity index (χ3v) is 2.08. The molecule has 14 heavy (non-hydrogen) atoms. The van der Waals surface area contributed by atoms with Crippen LogP contribution in [0.2, 0.25) is 0 Å². The van der Waals surface area contributed by atoms with Crippen LogP contribution < -0.4 is 5.32 Å². The first-order valence-electron chi connectivity index (χ1n) is 4.30. The highest BCUT2D eigenvalue weighted by Gasteiger charge is 2.08. The summed E-state index contributed by atoms with van der Waals surface area (Å²) in [5.74, 6) is 0. The lowest BCUT2D eigenvalue weighted by Crippen LogP contribution is -2.29. The Morgan fingerprint density at radius 2 is 1.93 bits per heavy atom. The van der Waals surface area contributed by atoms with Crippen molar-refractivity contribution >= 4 is 17.2 Å². The standard InChI is InChI=1S/C10H11F2NS/c11-9(12)10(14)13-7-6-8-4-2-1-3-5-8/h1-5,9H,6-7H2,(H,13,14). The van der Waals surface area contributed by atoms with Crippen molar-refractivity contribution < 1.29 is 8.78 Å². The van der Waals surface area contributed by atoms with Crippen molar-refractivity contribution in [2.45, 2.75) is 12.8 Å². The second-order valence-corrected chi connectivity index (χ2v) is 3.27. The number of nitrogens with one attached hydrogen (secondary N) is 1. The van der Waals surface area contributed by atoms with E-state index < -0.39 is 6.43 Å². The number of halogens is 2. The molecular weight excluding hydrogens is 204 g/mol. The average molecular weight is 215 g/mol. The zero-order valence-corrected chi connectivity index (χ0v) is 8.36. The third kappa shape index (κ3) is 3.79. The van der Waals surface area contributed by atoms with E-state index in [4.69, 9.17) is 0 Å². The van der Waals surface area contributed by atoms with Gasteiger partial charge in [-0.1, -0.05) is 42.5 Å². The minimum Gasteiger partial charge on any atom is -0.375 e. The highest BCUT2D eigenvalue weighted by Crippen LogP contribution is 1.99. The first-order chi connectivity index (χ1) is 6.70. The molecule has 0 atom stereocenters. The van der Waals surface area contributed by atoms with E-state index in [2.05, 4.69) is 17.5 Å². The van der Waals surface area contributed by atoms with Gasteiger partial charge in [-0.05, 0) is 12.0 Å². The van der Waals surface area contributed by atoms with Gasteiger partial charge in [0.15, 0.2) is 0 Å². The SMILES string of the molecule is FC(F)C(=S)NCCc1ccccc1. The first kappa shape index (κ1) is 11.0. The predicted octanol–water partition coefficient (Wildman–Crippen LogP) is 2.41.